The van der Waals surface area contributed by atoms with Crippen molar-refractivity contribution in [2.24, 2.45) is 0 Å². The Morgan fingerprint density at radius 3 is 2.53 bits per heavy atom. The van der Waals surface area contributed by atoms with E-state index in [1.165, 1.54) is 22.8 Å². The van der Waals surface area contributed by atoms with Gasteiger partial charge in [0.2, 0.25) is 0 Å². The molecule has 2 N–H and O–H groups in total. The molecule has 0 atom stereocenters. The highest BCUT2D eigenvalue weighted by Crippen LogP contribution is 2.44. The van der Waals surface area contributed by atoms with Gasteiger partial charge >= 0.3 is 0 Å². The molecular formula is C25H26FN3O3. The van der Waals surface area contributed by atoms with Gasteiger partial charge in [-0.15, -0.1) is 0 Å². The third kappa shape index (κ3) is 3.83. The molecule has 3 heterocycles. The van der Waals surface area contributed by atoms with Gasteiger partial charge in [-0.1, -0.05) is 24.3 Å². The first kappa shape index (κ1) is 20.9. The summed E-state index contributed by atoms with van der Waals surface area (Å²) >= 11 is 0. The van der Waals surface area contributed by atoms with E-state index in [0.717, 1.165) is 30.8 Å². The van der Waals surface area contributed by atoms with E-state index >= 15 is 0 Å². The first-order valence-corrected chi connectivity index (χ1v) is 10.8. The topological polar surface area (TPSA) is 65.0 Å². The number of anilines is 1. The van der Waals surface area contributed by atoms with Gasteiger partial charge in [-0.05, 0) is 49.2 Å². The quantitative estimate of drug-likeness (QED) is 0.717. The highest BCUT2D eigenvalue weighted by Gasteiger charge is 2.38. The molecule has 2 aromatic rings. The fraction of sp³-hybridized carbons (Fsp3) is 0.320. The maximum atomic E-state index is 13.6. The van der Waals surface area contributed by atoms with Crippen LogP contribution in [0.2, 0.25) is 0 Å². The largest absolute Gasteiger partial charge is 0.482 e. The highest BCUT2D eigenvalue weighted by atomic mass is 19.1. The number of hydroxylamine groups is 2. The molecule has 2 aromatic carbocycles. The van der Waals surface area contributed by atoms with Crippen LogP contribution in [-0.2, 0) is 16.1 Å². The predicted octanol–water partition coefficient (Wildman–Crippen LogP) is 3.89. The van der Waals surface area contributed by atoms with Gasteiger partial charge in [0.05, 0.1) is 11.3 Å². The Hall–Kier alpha value is -3.00. The van der Waals surface area contributed by atoms with Crippen LogP contribution in [0.15, 0.2) is 54.3 Å². The lowest BCUT2D eigenvalue weighted by Crippen LogP contribution is -2.44. The number of nitrogens with one attached hydrogen (secondary N) is 1. The van der Waals surface area contributed by atoms with E-state index in [0.29, 0.717) is 35.7 Å². The number of nitrogens with zero attached hydrogens (tertiary/aromatic N) is 2. The molecule has 1 amide bonds. The Morgan fingerprint density at radius 2 is 1.81 bits per heavy atom. The molecule has 3 aliphatic heterocycles. The van der Waals surface area contributed by atoms with Gasteiger partial charge in [0.25, 0.3) is 5.91 Å². The van der Waals surface area contributed by atoms with Gasteiger partial charge in [-0.25, -0.2) is 4.39 Å². The number of rotatable bonds is 3. The summed E-state index contributed by atoms with van der Waals surface area (Å²) < 4.78 is 19.8. The van der Waals surface area contributed by atoms with Crippen LogP contribution in [0.25, 0.3) is 11.1 Å². The molecule has 0 saturated carbocycles. The van der Waals surface area contributed by atoms with Crippen molar-refractivity contribution in [2.45, 2.75) is 26.0 Å². The average molecular weight is 435 g/mol. The summed E-state index contributed by atoms with van der Waals surface area (Å²) in [4.78, 5) is 14.9. The second-order valence-corrected chi connectivity index (χ2v) is 8.98. The Balaban J connectivity index is 1.42. The number of hydrogen-bond donors (Lipinski definition) is 2. The second-order valence-electron chi connectivity index (χ2n) is 8.98. The van der Waals surface area contributed by atoms with Crippen molar-refractivity contribution in [3.05, 3.63) is 76.8 Å². The lowest BCUT2D eigenvalue weighted by Gasteiger charge is -2.31. The van der Waals surface area contributed by atoms with Gasteiger partial charge in [0.15, 0.2) is 0 Å². The van der Waals surface area contributed by atoms with E-state index in [2.05, 4.69) is 34.5 Å². The number of halogens is 1. The van der Waals surface area contributed by atoms with E-state index in [1.807, 2.05) is 19.9 Å². The Kier molecular flexibility index (Phi) is 5.12. The molecule has 6 nitrogen and oxygen atoms in total. The zero-order valence-electron chi connectivity index (χ0n) is 18.2. The summed E-state index contributed by atoms with van der Waals surface area (Å²) in [5, 5.41) is 13.6. The molecule has 0 radical (unpaired) electrons. The predicted molar refractivity (Wildman–Crippen MR) is 120 cm³/mol. The van der Waals surface area contributed by atoms with Gasteiger partial charge < -0.3 is 15.3 Å². The number of ether oxygens (including phenoxy) is 1. The second kappa shape index (κ2) is 7.85. The van der Waals surface area contributed by atoms with Crippen LogP contribution in [0.1, 0.15) is 30.5 Å². The molecule has 7 heteroatoms. The van der Waals surface area contributed by atoms with Crippen molar-refractivity contribution in [3.8, 4) is 0 Å². The molecule has 0 bridgehead atoms. The fourth-order valence-corrected chi connectivity index (χ4v) is 4.55. The molecule has 32 heavy (non-hydrogen) atoms. The Labute approximate surface area is 186 Å². The van der Waals surface area contributed by atoms with E-state index in [9.17, 15) is 14.4 Å². The normalized spacial score (nSPS) is 23.0. The third-order valence-electron chi connectivity index (χ3n) is 6.28. The number of piperazine rings is 1. The van der Waals surface area contributed by atoms with E-state index in [-0.39, 0.29) is 5.91 Å². The van der Waals surface area contributed by atoms with Crippen LogP contribution in [0.3, 0.4) is 0 Å². The monoisotopic (exact) mass is 435 g/mol. The van der Waals surface area contributed by atoms with Crippen LogP contribution in [0.5, 0.6) is 0 Å². The summed E-state index contributed by atoms with van der Waals surface area (Å²) in [7, 11) is 0. The average Bonchev–Trinajstić information content (AvgIpc) is 3.24. The van der Waals surface area contributed by atoms with Crippen molar-refractivity contribution in [3.63, 3.8) is 0 Å². The molecular weight excluding hydrogens is 409 g/mol. The first-order chi connectivity index (χ1) is 15.3. The fourth-order valence-electron chi connectivity index (χ4n) is 4.55. The summed E-state index contributed by atoms with van der Waals surface area (Å²) in [6.45, 7) is 7.81. The molecule has 0 spiro atoms. The third-order valence-corrected chi connectivity index (χ3v) is 6.28. The summed E-state index contributed by atoms with van der Waals surface area (Å²) in [6.07, 6.45) is 1.92. The van der Waals surface area contributed by atoms with Crippen molar-refractivity contribution in [1.82, 2.24) is 9.96 Å². The Morgan fingerprint density at radius 1 is 1.09 bits per heavy atom. The van der Waals surface area contributed by atoms with Crippen molar-refractivity contribution in [2.75, 3.05) is 31.5 Å². The molecule has 0 aromatic heterocycles. The van der Waals surface area contributed by atoms with Crippen molar-refractivity contribution in [1.29, 1.82) is 0 Å². The van der Waals surface area contributed by atoms with Gasteiger partial charge in [-0.2, -0.15) is 5.06 Å². The lowest BCUT2D eigenvalue weighted by atomic mass is 9.91. The van der Waals surface area contributed by atoms with Crippen LogP contribution in [-0.4, -0.2) is 52.9 Å². The maximum Gasteiger partial charge on any atom is 0.260 e. The minimum atomic E-state index is -0.607. The maximum absolute atomic E-state index is 13.6. The molecule has 0 unspecified atom stereocenters. The number of carbonyl (C=O) groups is 1. The standard InChI is InChI=1S/C25H26FN3O3/c1-25(2)20(17-5-3-16(4-6-17)15-28-9-11-29(31)12-10-28)14-22(32-25)23-19-8-7-18(26)13-21(19)27-24(23)30/h3-8,13-14,31H,9-12,15H2,1-2H3,(H,27,30). The van der Waals surface area contributed by atoms with Crippen molar-refractivity contribution < 1.29 is 19.1 Å². The smallest absolute Gasteiger partial charge is 0.260 e. The van der Waals surface area contributed by atoms with Gasteiger partial charge in [0, 0.05) is 43.9 Å². The van der Waals surface area contributed by atoms with E-state index in [1.54, 1.807) is 6.07 Å². The number of hydrogen-bond acceptors (Lipinski definition) is 5. The van der Waals surface area contributed by atoms with Crippen molar-refractivity contribution >= 4 is 22.7 Å². The Bertz CT molecular complexity index is 1130. The zero-order chi connectivity index (χ0) is 22.5. The molecule has 5 rings (SSSR count). The number of amides is 1. The number of allylic oxidation sites excluding steroid dienone is 1. The highest BCUT2D eigenvalue weighted by molar-refractivity contribution is 6.32. The SMILES string of the molecule is CC1(C)OC(=C2C(=O)Nc3cc(F)ccc32)C=C1c1ccc(CN2CCN(O)CC2)cc1. The van der Waals surface area contributed by atoms with Gasteiger partial charge in [-0.3, -0.25) is 9.69 Å². The molecule has 0 aliphatic carbocycles. The number of benzene rings is 2. The number of carbonyl (C=O) groups excluding carboxylic acids is 1. The van der Waals surface area contributed by atoms with Gasteiger partial charge in [0.1, 0.15) is 17.2 Å². The van der Waals surface area contributed by atoms with Crippen LogP contribution in [0, 0.1) is 5.82 Å². The number of fused-ring (bicyclic) bond motifs is 1. The first-order valence-electron chi connectivity index (χ1n) is 10.8. The van der Waals surface area contributed by atoms with Crippen LogP contribution in [0.4, 0.5) is 10.1 Å². The lowest BCUT2D eigenvalue weighted by molar-refractivity contribution is -0.118. The van der Waals surface area contributed by atoms with Crippen LogP contribution >= 0.6 is 0 Å². The summed E-state index contributed by atoms with van der Waals surface area (Å²) in [5.74, 6) is -0.177. The molecule has 1 fully saturated rings. The molecule has 3 aliphatic rings. The van der Waals surface area contributed by atoms with E-state index in [4.69, 9.17) is 4.74 Å². The molecule has 166 valence electrons. The molecule has 1 saturated heterocycles. The van der Waals surface area contributed by atoms with E-state index < -0.39 is 11.4 Å². The minimum absolute atomic E-state index is 0.285. The zero-order valence-corrected chi connectivity index (χ0v) is 18.2. The van der Waals surface area contributed by atoms with Crippen LogP contribution < -0.4 is 5.32 Å². The minimum Gasteiger partial charge on any atom is -0.482 e. The summed E-state index contributed by atoms with van der Waals surface area (Å²) in [5.41, 5.74) is 4.18. The summed E-state index contributed by atoms with van der Waals surface area (Å²) in [6, 6.07) is 12.7.